The summed E-state index contributed by atoms with van der Waals surface area (Å²) in [5, 5.41) is 11.4. The molecule has 276 valence electrons. The van der Waals surface area contributed by atoms with Gasteiger partial charge in [0.25, 0.3) is 5.56 Å². The number of fused-ring (bicyclic) bond motifs is 1. The van der Waals surface area contributed by atoms with Crippen molar-refractivity contribution in [2.24, 2.45) is 14.1 Å². The van der Waals surface area contributed by atoms with Gasteiger partial charge in [0, 0.05) is 93.7 Å². The number of methoxy groups -OCH3 is 2. The summed E-state index contributed by atoms with van der Waals surface area (Å²) < 4.78 is 14.7. The van der Waals surface area contributed by atoms with Crippen LogP contribution in [-0.2, 0) is 34.9 Å². The zero-order chi connectivity index (χ0) is 36.8. The van der Waals surface area contributed by atoms with Crippen molar-refractivity contribution < 1.29 is 23.9 Å². The standard InChI is InChI=1S/C39H49N7O6/c1-43-25-32(31-24-41-44(2)38(31)39(43)50)26-21-35(51-3)30(36(22-26)52-4)7-5-8-37(49)40-15-6-16-45-17-19-46(20-18-45)28-11-9-27(10-12-28)42-33-14-13-29(47)23-34(33)48/h9-12,21-22,24-25,33,42H,5-8,13-20,23H2,1-4H3,(H,40,49). The second-order valence-corrected chi connectivity index (χ2v) is 13.7. The van der Waals surface area contributed by atoms with Crippen LogP contribution in [-0.4, -0.2) is 96.3 Å². The van der Waals surface area contributed by atoms with E-state index in [-0.39, 0.29) is 35.5 Å². The first-order valence-electron chi connectivity index (χ1n) is 18.1. The lowest BCUT2D eigenvalue weighted by Crippen LogP contribution is -2.47. The lowest BCUT2D eigenvalue weighted by molar-refractivity contribution is -0.130. The summed E-state index contributed by atoms with van der Waals surface area (Å²) in [7, 11) is 6.73. The summed E-state index contributed by atoms with van der Waals surface area (Å²) in [6.07, 6.45) is 7.10. The quantitative estimate of drug-likeness (QED) is 0.147. The third-order valence-electron chi connectivity index (χ3n) is 10.2. The van der Waals surface area contributed by atoms with Crippen LogP contribution in [0.2, 0.25) is 0 Å². The summed E-state index contributed by atoms with van der Waals surface area (Å²) in [5.41, 5.74) is 5.07. The number of amides is 1. The molecule has 0 bridgehead atoms. The number of aromatic nitrogens is 3. The second-order valence-electron chi connectivity index (χ2n) is 13.7. The highest BCUT2D eigenvalue weighted by molar-refractivity contribution is 6.05. The molecule has 1 aliphatic carbocycles. The predicted molar refractivity (Wildman–Crippen MR) is 201 cm³/mol. The van der Waals surface area contributed by atoms with Gasteiger partial charge in [0.15, 0.2) is 5.78 Å². The smallest absolute Gasteiger partial charge is 0.276 e. The van der Waals surface area contributed by atoms with Crippen LogP contribution in [0, 0.1) is 0 Å². The molecule has 1 aliphatic heterocycles. The number of benzene rings is 2. The number of anilines is 2. The van der Waals surface area contributed by atoms with E-state index in [2.05, 4.69) is 37.7 Å². The van der Waals surface area contributed by atoms with Gasteiger partial charge in [-0.3, -0.25) is 28.8 Å². The summed E-state index contributed by atoms with van der Waals surface area (Å²) in [4.78, 5) is 53.9. The van der Waals surface area contributed by atoms with E-state index in [4.69, 9.17) is 9.47 Å². The minimum Gasteiger partial charge on any atom is -0.496 e. The van der Waals surface area contributed by atoms with Crippen molar-refractivity contribution in [2.75, 3.05) is 63.7 Å². The van der Waals surface area contributed by atoms with Crippen molar-refractivity contribution in [3.63, 3.8) is 0 Å². The van der Waals surface area contributed by atoms with E-state index in [1.807, 2.05) is 24.3 Å². The SMILES string of the molecule is COc1cc(-c2cn(C)c(=O)c3c2cnn3C)cc(OC)c1CCCC(=O)NCCCN1CCN(c2ccc(NC3CCC(=O)CC3=O)cc2)CC1. The molecule has 1 unspecified atom stereocenters. The summed E-state index contributed by atoms with van der Waals surface area (Å²) in [6, 6.07) is 11.8. The van der Waals surface area contributed by atoms with Crippen LogP contribution in [0.25, 0.3) is 22.0 Å². The van der Waals surface area contributed by atoms with Gasteiger partial charge in [-0.25, -0.2) is 0 Å². The molecule has 2 N–H and O–H groups in total. The molecule has 13 nitrogen and oxygen atoms in total. The average Bonchev–Trinajstić information content (AvgIpc) is 3.54. The number of hydrogen-bond donors (Lipinski definition) is 2. The minimum atomic E-state index is -0.282. The molecule has 2 aromatic heterocycles. The van der Waals surface area contributed by atoms with Crippen LogP contribution < -0.4 is 30.6 Å². The van der Waals surface area contributed by atoms with E-state index in [0.717, 1.165) is 72.6 Å². The third kappa shape index (κ3) is 8.31. The van der Waals surface area contributed by atoms with E-state index in [9.17, 15) is 19.2 Å². The first-order chi connectivity index (χ1) is 25.1. The highest BCUT2D eigenvalue weighted by atomic mass is 16.5. The number of rotatable bonds is 14. The lowest BCUT2D eigenvalue weighted by atomic mass is 9.93. The number of ketones is 2. The van der Waals surface area contributed by atoms with Gasteiger partial charge in [0.05, 0.1) is 32.9 Å². The highest BCUT2D eigenvalue weighted by Gasteiger charge is 2.27. The number of Topliss-reactive ketones (excluding diaryl/α,β-unsaturated/α-hetero) is 2. The molecule has 2 fully saturated rings. The minimum absolute atomic E-state index is 0.0237. The van der Waals surface area contributed by atoms with Crippen LogP contribution >= 0.6 is 0 Å². The summed E-state index contributed by atoms with van der Waals surface area (Å²) >= 11 is 0. The molecule has 6 rings (SSSR count). The molecule has 1 atom stereocenters. The molecule has 2 aromatic carbocycles. The summed E-state index contributed by atoms with van der Waals surface area (Å²) in [5.74, 6) is 1.38. The first kappa shape index (κ1) is 36.6. The van der Waals surface area contributed by atoms with E-state index in [1.165, 1.54) is 0 Å². The number of ether oxygens (including phenoxy) is 2. The maximum atomic E-state index is 12.7. The fourth-order valence-corrected chi connectivity index (χ4v) is 7.26. The molecule has 4 aromatic rings. The van der Waals surface area contributed by atoms with Crippen LogP contribution in [0.3, 0.4) is 0 Å². The van der Waals surface area contributed by atoms with Crippen molar-refractivity contribution in [1.82, 2.24) is 24.6 Å². The van der Waals surface area contributed by atoms with Gasteiger partial charge >= 0.3 is 0 Å². The molecule has 1 saturated carbocycles. The topological polar surface area (TPSA) is 140 Å². The van der Waals surface area contributed by atoms with Gasteiger partial charge in [-0.1, -0.05) is 0 Å². The van der Waals surface area contributed by atoms with E-state index >= 15 is 0 Å². The van der Waals surface area contributed by atoms with Crippen molar-refractivity contribution in [3.8, 4) is 22.6 Å². The van der Waals surface area contributed by atoms with E-state index < -0.39 is 0 Å². The van der Waals surface area contributed by atoms with Crippen LogP contribution in [0.1, 0.15) is 44.1 Å². The maximum absolute atomic E-state index is 12.7. The van der Waals surface area contributed by atoms with Crippen LogP contribution in [0.15, 0.2) is 53.6 Å². The number of aryl methyl sites for hydroxylation is 2. The molecule has 13 heteroatoms. The Balaban J connectivity index is 0.922. The number of nitrogens with one attached hydrogen (secondary N) is 2. The number of hydrogen-bond acceptors (Lipinski definition) is 10. The Morgan fingerprint density at radius 2 is 1.67 bits per heavy atom. The van der Waals surface area contributed by atoms with Crippen molar-refractivity contribution >= 4 is 39.8 Å². The average molecular weight is 712 g/mol. The highest BCUT2D eigenvalue weighted by Crippen LogP contribution is 2.38. The Hall–Kier alpha value is -5.17. The van der Waals surface area contributed by atoms with Gasteiger partial charge in [-0.15, -0.1) is 0 Å². The number of nitrogens with zero attached hydrogens (tertiary/aromatic N) is 5. The fraction of sp³-hybridized carbons (Fsp3) is 0.462. The second kappa shape index (κ2) is 16.4. The molecule has 3 heterocycles. The van der Waals surface area contributed by atoms with Gasteiger partial charge in [-0.05, 0) is 74.2 Å². The van der Waals surface area contributed by atoms with Gasteiger partial charge < -0.3 is 29.6 Å². The number of carbonyl (C=O) groups excluding carboxylic acids is 3. The molecule has 2 aliphatic rings. The first-order valence-corrected chi connectivity index (χ1v) is 18.1. The Morgan fingerprint density at radius 3 is 2.35 bits per heavy atom. The Labute approximate surface area is 303 Å². The zero-order valence-corrected chi connectivity index (χ0v) is 30.6. The zero-order valence-electron chi connectivity index (χ0n) is 30.6. The number of piperazine rings is 1. The van der Waals surface area contributed by atoms with Crippen molar-refractivity contribution in [2.45, 2.75) is 51.0 Å². The Morgan fingerprint density at radius 1 is 0.962 bits per heavy atom. The molecular formula is C39H49N7O6. The molecule has 1 amide bonds. The Kier molecular flexibility index (Phi) is 11.6. The third-order valence-corrected chi connectivity index (χ3v) is 10.2. The van der Waals surface area contributed by atoms with E-state index in [1.54, 1.807) is 50.0 Å². The van der Waals surface area contributed by atoms with Gasteiger partial charge in [-0.2, -0.15) is 5.10 Å². The normalized spacial score (nSPS) is 16.7. The molecule has 52 heavy (non-hydrogen) atoms. The molecule has 1 saturated heterocycles. The molecular weight excluding hydrogens is 662 g/mol. The van der Waals surface area contributed by atoms with Gasteiger partial charge in [0.1, 0.15) is 22.8 Å². The monoisotopic (exact) mass is 711 g/mol. The lowest BCUT2D eigenvalue weighted by Gasteiger charge is -2.36. The molecule has 0 radical (unpaired) electrons. The summed E-state index contributed by atoms with van der Waals surface area (Å²) in [6.45, 7) is 5.32. The van der Waals surface area contributed by atoms with E-state index in [0.29, 0.717) is 55.7 Å². The van der Waals surface area contributed by atoms with Gasteiger partial charge in [0.2, 0.25) is 5.91 Å². The Bertz CT molecular complexity index is 1950. The van der Waals surface area contributed by atoms with Crippen LogP contribution in [0.5, 0.6) is 11.5 Å². The van der Waals surface area contributed by atoms with Crippen molar-refractivity contribution in [1.29, 1.82) is 0 Å². The van der Waals surface area contributed by atoms with Crippen LogP contribution in [0.4, 0.5) is 11.4 Å². The van der Waals surface area contributed by atoms with Crippen molar-refractivity contribution in [3.05, 3.63) is 64.7 Å². The number of carbonyl (C=O) groups is 3. The molecule has 0 spiro atoms. The predicted octanol–water partition coefficient (Wildman–Crippen LogP) is 3.71. The maximum Gasteiger partial charge on any atom is 0.276 e. The largest absolute Gasteiger partial charge is 0.496 e. The number of pyridine rings is 1. The fourth-order valence-electron chi connectivity index (χ4n) is 7.26.